The SMILES string of the molecule is CCOP(Oc1ccccc1)(Oc1ccccc1)=[SH]c1ccccc1. The van der Waals surface area contributed by atoms with E-state index < -0.39 is 6.72 Å². The van der Waals surface area contributed by atoms with Crippen molar-refractivity contribution < 1.29 is 13.6 Å². The Balaban J connectivity index is 2.05. The summed E-state index contributed by atoms with van der Waals surface area (Å²) in [6.07, 6.45) is 0. The molecule has 0 aromatic heterocycles. The number of rotatable bonds is 7. The van der Waals surface area contributed by atoms with Gasteiger partial charge in [-0.2, -0.15) is 0 Å². The molecule has 0 aliphatic heterocycles. The van der Waals surface area contributed by atoms with Crippen LogP contribution in [-0.4, -0.2) is 6.61 Å². The molecule has 25 heavy (non-hydrogen) atoms. The molecular weight excluding hydrogens is 351 g/mol. The lowest BCUT2D eigenvalue weighted by molar-refractivity contribution is 0.276. The maximum absolute atomic E-state index is 6.30. The van der Waals surface area contributed by atoms with Gasteiger partial charge in [0.05, 0.1) is 6.61 Å². The van der Waals surface area contributed by atoms with Crippen LogP contribution >= 0.6 is 6.72 Å². The van der Waals surface area contributed by atoms with E-state index >= 15 is 0 Å². The largest absolute Gasteiger partial charge is 0.419 e. The first-order valence-corrected chi connectivity index (χ1v) is 11.3. The van der Waals surface area contributed by atoms with Crippen LogP contribution in [0, 0.1) is 0 Å². The standard InChI is InChI=1S/C20H21O3PS/c1-2-21-24(22-18-12-6-3-7-13-18,23-19-14-8-4-9-15-19)25-20-16-10-5-11-17-20/h3-17,25H,2H2,1H3. The Morgan fingerprint density at radius 2 is 1.12 bits per heavy atom. The van der Waals surface area contributed by atoms with Gasteiger partial charge in [-0.25, -0.2) is 0 Å². The lowest BCUT2D eigenvalue weighted by atomic mass is 10.3. The molecular formula is C20H21O3PS. The lowest BCUT2D eigenvalue weighted by Crippen LogP contribution is -2.06. The molecule has 5 heteroatoms. The molecule has 130 valence electrons. The van der Waals surface area contributed by atoms with Gasteiger partial charge in [-0.15, -0.1) is 0 Å². The number of hydrogen-bond acceptors (Lipinski definition) is 3. The minimum absolute atomic E-state index is 0.507. The lowest BCUT2D eigenvalue weighted by Gasteiger charge is -2.26. The first kappa shape index (κ1) is 17.8. The highest BCUT2D eigenvalue weighted by Crippen LogP contribution is 2.52. The average molecular weight is 372 g/mol. The summed E-state index contributed by atoms with van der Waals surface area (Å²) in [5, 5.41) is 0. The fourth-order valence-corrected chi connectivity index (χ4v) is 6.72. The van der Waals surface area contributed by atoms with Gasteiger partial charge in [-0.05, 0) is 43.3 Å². The quantitative estimate of drug-likeness (QED) is 0.424. The molecule has 0 saturated heterocycles. The number of para-hydroxylation sites is 2. The van der Waals surface area contributed by atoms with Crippen molar-refractivity contribution in [2.24, 2.45) is 0 Å². The molecule has 0 radical (unpaired) electrons. The van der Waals surface area contributed by atoms with E-state index in [2.05, 4.69) is 12.1 Å². The molecule has 3 aromatic rings. The molecule has 0 N–H and O–H groups in total. The molecule has 0 heterocycles. The van der Waals surface area contributed by atoms with E-state index in [1.165, 1.54) is 0 Å². The van der Waals surface area contributed by atoms with Crippen LogP contribution < -0.4 is 9.05 Å². The molecule has 3 aromatic carbocycles. The van der Waals surface area contributed by atoms with Crippen molar-refractivity contribution in [1.29, 1.82) is 0 Å². The molecule has 0 atom stereocenters. The molecule has 0 unspecified atom stereocenters. The number of thiol groups is 1. The summed E-state index contributed by atoms with van der Waals surface area (Å²) in [6, 6.07) is 29.5. The van der Waals surface area contributed by atoms with Gasteiger partial charge < -0.3 is 9.05 Å². The second kappa shape index (κ2) is 8.91. The van der Waals surface area contributed by atoms with Gasteiger partial charge in [-0.1, -0.05) is 65.5 Å². The van der Waals surface area contributed by atoms with Crippen LogP contribution in [-0.2, 0) is 15.5 Å². The van der Waals surface area contributed by atoms with Crippen LogP contribution in [0.1, 0.15) is 6.92 Å². The van der Waals surface area contributed by atoms with E-state index in [0.717, 1.165) is 27.3 Å². The summed E-state index contributed by atoms with van der Waals surface area (Å²) >= 11 is 0. The number of benzene rings is 3. The van der Waals surface area contributed by atoms with E-state index in [-0.39, 0.29) is 0 Å². The van der Waals surface area contributed by atoms with Crippen LogP contribution in [0.3, 0.4) is 0 Å². The highest BCUT2D eigenvalue weighted by Gasteiger charge is 2.25. The molecule has 3 rings (SSSR count). The third kappa shape index (κ3) is 5.23. The second-order valence-corrected chi connectivity index (χ2v) is 9.48. The Bertz CT molecular complexity index is 778. The Hall–Kier alpha value is -2.00. The summed E-state index contributed by atoms with van der Waals surface area (Å²) in [5.74, 6) is 1.48. The normalized spacial score (nSPS) is 11.1. The first-order chi connectivity index (χ1) is 12.3. The zero-order chi connectivity index (χ0) is 17.4. The van der Waals surface area contributed by atoms with Gasteiger partial charge in [0, 0.05) is 4.90 Å². The monoisotopic (exact) mass is 372 g/mol. The number of hydrogen-bond donors (Lipinski definition) is 1. The minimum Gasteiger partial charge on any atom is -0.419 e. The van der Waals surface area contributed by atoms with Crippen LogP contribution in [0.15, 0.2) is 95.9 Å². The Morgan fingerprint density at radius 3 is 1.56 bits per heavy atom. The van der Waals surface area contributed by atoms with Gasteiger partial charge in [0.15, 0.2) is 0 Å². The van der Waals surface area contributed by atoms with E-state index in [9.17, 15) is 0 Å². The zero-order valence-corrected chi connectivity index (χ0v) is 15.8. The van der Waals surface area contributed by atoms with Crippen LogP contribution in [0.25, 0.3) is 0 Å². The Kier molecular flexibility index (Phi) is 6.35. The average Bonchev–Trinajstić information content (AvgIpc) is 2.64. The summed E-state index contributed by atoms with van der Waals surface area (Å²) in [4.78, 5) is 1.09. The molecule has 0 spiro atoms. The van der Waals surface area contributed by atoms with Crippen LogP contribution in [0.2, 0.25) is 0 Å². The van der Waals surface area contributed by atoms with Gasteiger partial charge in [0.1, 0.15) is 11.5 Å². The zero-order valence-electron chi connectivity index (χ0n) is 14.0. The fraction of sp³-hybridized carbons (Fsp3) is 0.100. The van der Waals surface area contributed by atoms with Crippen molar-refractivity contribution in [3.8, 4) is 11.5 Å². The maximum atomic E-state index is 6.30. The van der Waals surface area contributed by atoms with E-state index in [1.807, 2.05) is 85.8 Å². The van der Waals surface area contributed by atoms with E-state index in [4.69, 9.17) is 13.6 Å². The van der Waals surface area contributed by atoms with Crippen LogP contribution in [0.4, 0.5) is 0 Å². The minimum atomic E-state index is -2.69. The molecule has 0 bridgehead atoms. The van der Waals surface area contributed by atoms with Crippen molar-refractivity contribution >= 4 is 17.7 Å². The Morgan fingerprint density at radius 1 is 0.680 bits per heavy atom. The van der Waals surface area contributed by atoms with Crippen molar-refractivity contribution in [1.82, 2.24) is 0 Å². The molecule has 0 aliphatic rings. The summed E-state index contributed by atoms with van der Waals surface area (Å²) in [6.45, 7) is -0.226. The third-order valence-electron chi connectivity index (χ3n) is 3.21. The topological polar surface area (TPSA) is 27.7 Å². The second-order valence-electron chi connectivity index (χ2n) is 5.13. The van der Waals surface area contributed by atoms with Crippen molar-refractivity contribution in [3.63, 3.8) is 0 Å². The van der Waals surface area contributed by atoms with E-state index in [0.29, 0.717) is 6.61 Å². The predicted molar refractivity (Wildman–Crippen MR) is 106 cm³/mol. The summed E-state index contributed by atoms with van der Waals surface area (Å²) in [7, 11) is 0.882. The summed E-state index contributed by atoms with van der Waals surface area (Å²) < 4.78 is 18.7. The predicted octanol–water partition coefficient (Wildman–Crippen LogP) is 5.73. The van der Waals surface area contributed by atoms with Gasteiger partial charge in [0.25, 0.3) is 0 Å². The van der Waals surface area contributed by atoms with Crippen LogP contribution in [0.5, 0.6) is 11.5 Å². The van der Waals surface area contributed by atoms with Crippen molar-refractivity contribution in [2.45, 2.75) is 11.8 Å². The molecule has 3 nitrogen and oxygen atoms in total. The molecule has 0 fully saturated rings. The van der Waals surface area contributed by atoms with Gasteiger partial charge in [-0.3, -0.25) is 4.52 Å². The van der Waals surface area contributed by atoms with Gasteiger partial charge >= 0.3 is 6.72 Å². The maximum Gasteiger partial charge on any atom is 0.392 e. The highest BCUT2D eigenvalue weighted by atomic mass is 32.5. The Labute approximate surface area is 152 Å². The van der Waals surface area contributed by atoms with Crippen molar-refractivity contribution in [2.75, 3.05) is 6.61 Å². The first-order valence-electron chi connectivity index (χ1n) is 8.11. The smallest absolute Gasteiger partial charge is 0.392 e. The third-order valence-corrected chi connectivity index (χ3v) is 7.72. The van der Waals surface area contributed by atoms with Gasteiger partial charge in [0.2, 0.25) is 0 Å². The highest BCUT2D eigenvalue weighted by molar-refractivity contribution is 8.17. The summed E-state index contributed by atoms with van der Waals surface area (Å²) in [5.41, 5.74) is 0. The molecule has 0 amide bonds. The molecule has 0 saturated carbocycles. The molecule has 0 aliphatic carbocycles. The van der Waals surface area contributed by atoms with Crippen molar-refractivity contribution in [3.05, 3.63) is 91.0 Å². The fourth-order valence-electron chi connectivity index (χ4n) is 2.17. The van der Waals surface area contributed by atoms with E-state index in [1.54, 1.807) is 0 Å².